The van der Waals surface area contributed by atoms with E-state index in [1.165, 1.54) is 5.56 Å². The molecule has 0 aromatic heterocycles. The second kappa shape index (κ2) is 8.71. The predicted octanol–water partition coefficient (Wildman–Crippen LogP) is 1.75. The molecule has 2 saturated heterocycles. The number of carbonyl (C=O) groups excluding carboxylic acids is 1. The molecule has 1 atom stereocenters. The minimum absolute atomic E-state index is 0.0774. The molecule has 1 amide bonds. The monoisotopic (exact) mass is 393 g/mol. The van der Waals surface area contributed by atoms with Crippen molar-refractivity contribution in [1.29, 1.82) is 0 Å². The van der Waals surface area contributed by atoms with E-state index < -0.39 is 10.0 Å². The lowest BCUT2D eigenvalue weighted by Crippen LogP contribution is -2.46. The molecule has 0 saturated carbocycles. The zero-order valence-corrected chi connectivity index (χ0v) is 17.2. The van der Waals surface area contributed by atoms with Crippen LogP contribution < -0.4 is 0 Å². The molecule has 2 aliphatic rings. The van der Waals surface area contributed by atoms with Gasteiger partial charge in [0, 0.05) is 33.7 Å². The molecule has 0 radical (unpaired) electrons. The highest BCUT2D eigenvalue weighted by Crippen LogP contribution is 2.29. The van der Waals surface area contributed by atoms with Crippen LogP contribution in [0.25, 0.3) is 0 Å². The summed E-state index contributed by atoms with van der Waals surface area (Å²) in [6.45, 7) is 2.41. The van der Waals surface area contributed by atoms with Crippen molar-refractivity contribution in [1.82, 2.24) is 14.1 Å². The number of carbonyl (C=O) groups is 1. The summed E-state index contributed by atoms with van der Waals surface area (Å²) in [7, 11) is 0.234. The predicted molar refractivity (Wildman–Crippen MR) is 107 cm³/mol. The van der Waals surface area contributed by atoms with Gasteiger partial charge in [-0.05, 0) is 43.7 Å². The summed E-state index contributed by atoms with van der Waals surface area (Å²) in [5.74, 6) is 0.618. The molecule has 6 nitrogen and oxygen atoms in total. The van der Waals surface area contributed by atoms with E-state index >= 15 is 0 Å². The van der Waals surface area contributed by atoms with Gasteiger partial charge in [0.25, 0.3) is 0 Å². The first-order chi connectivity index (χ1) is 12.9. The maximum Gasteiger partial charge on any atom is 0.239 e. The minimum Gasteiger partial charge on any atom is -0.347 e. The molecule has 3 rings (SSSR count). The lowest BCUT2D eigenvalue weighted by atomic mass is 9.90. The Labute approximate surface area is 163 Å². The van der Waals surface area contributed by atoms with Crippen molar-refractivity contribution in [2.45, 2.75) is 37.6 Å². The van der Waals surface area contributed by atoms with Crippen LogP contribution in [0.2, 0.25) is 0 Å². The summed E-state index contributed by atoms with van der Waals surface area (Å²) in [5.41, 5.74) is 1.30. The average Bonchev–Trinajstić information content (AvgIpc) is 3.15. The van der Waals surface area contributed by atoms with E-state index in [0.29, 0.717) is 25.6 Å². The van der Waals surface area contributed by atoms with Gasteiger partial charge in [0.2, 0.25) is 15.9 Å². The van der Waals surface area contributed by atoms with Crippen LogP contribution >= 0.6 is 0 Å². The quantitative estimate of drug-likeness (QED) is 0.739. The van der Waals surface area contributed by atoms with Crippen LogP contribution in [0.3, 0.4) is 0 Å². The average molecular weight is 394 g/mol. The van der Waals surface area contributed by atoms with Gasteiger partial charge in [-0.3, -0.25) is 9.69 Å². The van der Waals surface area contributed by atoms with Gasteiger partial charge in [-0.25, -0.2) is 12.7 Å². The van der Waals surface area contributed by atoms with Crippen LogP contribution in [-0.4, -0.2) is 80.5 Å². The molecule has 2 fully saturated rings. The first-order valence-corrected chi connectivity index (χ1v) is 11.5. The third kappa shape index (κ3) is 4.89. The fourth-order valence-corrected chi connectivity index (χ4v) is 5.72. The molecule has 7 heteroatoms. The molecule has 1 aromatic rings. The van der Waals surface area contributed by atoms with Crippen molar-refractivity contribution in [3.63, 3.8) is 0 Å². The fraction of sp³-hybridized carbons (Fsp3) is 0.650. The van der Waals surface area contributed by atoms with Gasteiger partial charge in [-0.15, -0.1) is 0 Å². The van der Waals surface area contributed by atoms with E-state index in [-0.39, 0.29) is 17.7 Å². The normalized spacial score (nSPS) is 22.8. The smallest absolute Gasteiger partial charge is 0.239 e. The molecule has 0 N–H and O–H groups in total. The zero-order valence-electron chi connectivity index (χ0n) is 16.4. The Morgan fingerprint density at radius 1 is 1.07 bits per heavy atom. The minimum atomic E-state index is -3.28. The molecule has 0 aliphatic carbocycles. The van der Waals surface area contributed by atoms with Gasteiger partial charge in [-0.1, -0.05) is 30.3 Å². The second-order valence-electron chi connectivity index (χ2n) is 7.83. The SMILES string of the molecule is CN(C)C(=O)C1CCCN1CCS(=O)(=O)N1CCC(c2ccccc2)CC1. The highest BCUT2D eigenvalue weighted by atomic mass is 32.2. The van der Waals surface area contributed by atoms with E-state index in [0.717, 1.165) is 32.2 Å². The molecule has 0 spiro atoms. The number of likely N-dealkylation sites (N-methyl/N-ethyl adjacent to an activating group) is 1. The van der Waals surface area contributed by atoms with E-state index in [9.17, 15) is 13.2 Å². The first kappa shape index (κ1) is 20.3. The molecule has 0 bridgehead atoms. The van der Waals surface area contributed by atoms with E-state index in [2.05, 4.69) is 12.1 Å². The molecule has 27 heavy (non-hydrogen) atoms. The summed E-state index contributed by atoms with van der Waals surface area (Å²) in [5, 5.41) is 0. The number of amides is 1. The third-order valence-corrected chi connectivity index (χ3v) is 7.69. The lowest BCUT2D eigenvalue weighted by molar-refractivity contribution is -0.133. The van der Waals surface area contributed by atoms with Gasteiger partial charge in [0.15, 0.2) is 0 Å². The van der Waals surface area contributed by atoms with Crippen LogP contribution in [0.5, 0.6) is 0 Å². The maximum absolute atomic E-state index is 12.8. The van der Waals surface area contributed by atoms with Crippen molar-refractivity contribution < 1.29 is 13.2 Å². The second-order valence-corrected chi connectivity index (χ2v) is 9.92. The highest BCUT2D eigenvalue weighted by molar-refractivity contribution is 7.89. The molecule has 1 unspecified atom stereocenters. The van der Waals surface area contributed by atoms with Gasteiger partial charge in [0.1, 0.15) is 0 Å². The van der Waals surface area contributed by atoms with Crippen molar-refractivity contribution in [2.24, 2.45) is 0 Å². The number of rotatable bonds is 6. The Balaban J connectivity index is 1.53. The third-order valence-electron chi connectivity index (χ3n) is 5.84. The van der Waals surface area contributed by atoms with Gasteiger partial charge < -0.3 is 4.90 Å². The largest absolute Gasteiger partial charge is 0.347 e. The summed E-state index contributed by atoms with van der Waals surface area (Å²) in [6, 6.07) is 10.2. The van der Waals surface area contributed by atoms with Crippen LogP contribution in [0.1, 0.15) is 37.2 Å². The molecule has 2 heterocycles. The summed E-state index contributed by atoms with van der Waals surface area (Å²) < 4.78 is 27.2. The van der Waals surface area contributed by atoms with Crippen LogP contribution in [0.4, 0.5) is 0 Å². The first-order valence-electron chi connectivity index (χ1n) is 9.86. The standard InChI is InChI=1S/C20H31N3O3S/c1-21(2)20(24)19-9-6-12-22(19)15-16-27(25,26)23-13-10-18(11-14-23)17-7-4-3-5-8-17/h3-5,7-8,18-19H,6,9-16H2,1-2H3. The van der Waals surface area contributed by atoms with Gasteiger partial charge >= 0.3 is 0 Å². The number of nitrogens with zero attached hydrogens (tertiary/aromatic N) is 3. The van der Waals surface area contributed by atoms with Gasteiger partial charge in [-0.2, -0.15) is 0 Å². The number of piperidine rings is 1. The molecular weight excluding hydrogens is 362 g/mol. The Morgan fingerprint density at radius 3 is 2.37 bits per heavy atom. The molecule has 2 aliphatic heterocycles. The number of hydrogen-bond donors (Lipinski definition) is 0. The molecule has 1 aromatic carbocycles. The maximum atomic E-state index is 12.8. The highest BCUT2D eigenvalue weighted by Gasteiger charge is 2.34. The Morgan fingerprint density at radius 2 is 1.74 bits per heavy atom. The Bertz CT molecular complexity index is 728. The zero-order chi connectivity index (χ0) is 19.4. The van der Waals surface area contributed by atoms with E-state index in [1.807, 2.05) is 23.1 Å². The van der Waals surface area contributed by atoms with Crippen molar-refractivity contribution in [3.05, 3.63) is 35.9 Å². The van der Waals surface area contributed by atoms with Crippen LogP contribution in [-0.2, 0) is 14.8 Å². The Hall–Kier alpha value is -1.44. The number of benzene rings is 1. The van der Waals surface area contributed by atoms with Crippen LogP contribution in [0, 0.1) is 0 Å². The van der Waals surface area contributed by atoms with E-state index in [4.69, 9.17) is 0 Å². The number of hydrogen-bond acceptors (Lipinski definition) is 4. The van der Waals surface area contributed by atoms with Gasteiger partial charge in [0.05, 0.1) is 11.8 Å². The fourth-order valence-electron chi connectivity index (χ4n) is 4.23. The van der Waals surface area contributed by atoms with Crippen LogP contribution in [0.15, 0.2) is 30.3 Å². The number of sulfonamides is 1. The van der Waals surface area contributed by atoms with Crippen molar-refractivity contribution in [3.8, 4) is 0 Å². The summed E-state index contributed by atoms with van der Waals surface area (Å²) in [6.07, 6.45) is 3.51. The van der Waals surface area contributed by atoms with Crippen molar-refractivity contribution in [2.75, 3.05) is 46.0 Å². The molecular formula is C20H31N3O3S. The molecule has 150 valence electrons. The topological polar surface area (TPSA) is 60.9 Å². The van der Waals surface area contributed by atoms with Crippen molar-refractivity contribution >= 4 is 15.9 Å². The number of likely N-dealkylation sites (tertiary alicyclic amines) is 1. The summed E-state index contributed by atoms with van der Waals surface area (Å²) in [4.78, 5) is 15.9. The Kier molecular flexibility index (Phi) is 6.55. The summed E-state index contributed by atoms with van der Waals surface area (Å²) >= 11 is 0. The van der Waals surface area contributed by atoms with E-state index in [1.54, 1.807) is 23.3 Å². The lowest BCUT2D eigenvalue weighted by Gasteiger charge is -2.32.